The molecule has 0 spiro atoms. The predicted octanol–water partition coefficient (Wildman–Crippen LogP) is 3.20. The number of unbranched alkanes of at least 4 members (excludes halogenated alkanes) is 4. The van der Waals surface area contributed by atoms with Gasteiger partial charge in [0.2, 0.25) is 0 Å². The summed E-state index contributed by atoms with van der Waals surface area (Å²) in [5.41, 5.74) is 0. The molecule has 1 radical (unpaired) electrons. The maximum absolute atomic E-state index is 5.41. The molecule has 0 amide bonds. The summed E-state index contributed by atoms with van der Waals surface area (Å²) in [4.78, 5) is 0. The van der Waals surface area contributed by atoms with Crippen LogP contribution in [0.25, 0.3) is 0 Å². The Bertz CT molecular complexity index is 53.9. The van der Waals surface area contributed by atoms with Crippen molar-refractivity contribution >= 4 is 0 Å². The zero-order chi connectivity index (χ0) is 8.36. The topological polar surface area (TPSA) is 9.23 Å². The fourth-order valence-corrected chi connectivity index (χ4v) is 0.937. The zero-order valence-electron chi connectivity index (χ0n) is 7.77. The lowest BCUT2D eigenvalue weighted by Gasteiger charge is -2.01. The monoisotopic (exact) mass is 157 g/mol. The Kier molecular flexibility index (Phi) is 9.92. The summed E-state index contributed by atoms with van der Waals surface area (Å²) in [5, 5.41) is 0. The van der Waals surface area contributed by atoms with Crippen LogP contribution in [-0.4, -0.2) is 13.2 Å². The Balaban J connectivity index is 2.69. The summed E-state index contributed by atoms with van der Waals surface area (Å²) < 4.78 is 5.41. The Labute approximate surface area is 71.1 Å². The van der Waals surface area contributed by atoms with Crippen LogP contribution in [0.1, 0.15) is 45.4 Å². The van der Waals surface area contributed by atoms with Gasteiger partial charge in [-0.25, -0.2) is 0 Å². The van der Waals surface area contributed by atoms with Gasteiger partial charge in [-0.15, -0.1) is 0 Å². The van der Waals surface area contributed by atoms with Crippen LogP contribution in [0.4, 0.5) is 0 Å². The molecule has 0 saturated heterocycles. The maximum atomic E-state index is 5.41. The Morgan fingerprint density at radius 3 is 2.18 bits per heavy atom. The third-order valence-corrected chi connectivity index (χ3v) is 1.68. The van der Waals surface area contributed by atoms with Gasteiger partial charge < -0.3 is 4.74 Å². The number of hydrogen-bond acceptors (Lipinski definition) is 1. The van der Waals surface area contributed by atoms with Crippen molar-refractivity contribution in [3.8, 4) is 0 Å². The van der Waals surface area contributed by atoms with Crippen molar-refractivity contribution in [1.29, 1.82) is 0 Å². The van der Waals surface area contributed by atoms with Gasteiger partial charge in [0, 0.05) is 13.2 Å². The molecule has 0 aromatic heterocycles. The molecule has 0 N–H and O–H groups in total. The molecule has 0 bridgehead atoms. The third kappa shape index (κ3) is 9.96. The van der Waals surface area contributed by atoms with Crippen molar-refractivity contribution in [2.24, 2.45) is 0 Å². The van der Waals surface area contributed by atoms with E-state index in [0.717, 1.165) is 19.6 Å². The second kappa shape index (κ2) is 9.96. The molecule has 0 aromatic rings. The average Bonchev–Trinajstić information content (AvgIpc) is 2.03. The molecule has 1 heteroatoms. The highest BCUT2D eigenvalue weighted by Gasteiger charge is 1.88. The van der Waals surface area contributed by atoms with E-state index in [-0.39, 0.29) is 0 Å². The molecule has 0 aromatic carbocycles. The lowest BCUT2D eigenvalue weighted by molar-refractivity contribution is 0.126. The van der Waals surface area contributed by atoms with Crippen molar-refractivity contribution in [2.75, 3.05) is 13.2 Å². The fraction of sp³-hybridized carbons (Fsp3) is 0.900. The van der Waals surface area contributed by atoms with Crippen molar-refractivity contribution in [1.82, 2.24) is 0 Å². The van der Waals surface area contributed by atoms with Gasteiger partial charge in [0.25, 0.3) is 0 Å². The van der Waals surface area contributed by atoms with Crippen LogP contribution in [0.15, 0.2) is 0 Å². The van der Waals surface area contributed by atoms with E-state index in [0.29, 0.717) is 0 Å². The van der Waals surface area contributed by atoms with E-state index < -0.39 is 0 Å². The number of hydrogen-bond donors (Lipinski definition) is 0. The molecular formula is C10H21O. The second-order valence-corrected chi connectivity index (χ2v) is 2.88. The minimum atomic E-state index is 0.930. The Hall–Kier alpha value is -0.0400. The molecule has 0 rings (SSSR count). The lowest BCUT2D eigenvalue weighted by Crippen LogP contribution is -1.96. The summed E-state index contributed by atoms with van der Waals surface area (Å²) in [6.45, 7) is 7.87. The molecule has 11 heavy (non-hydrogen) atoms. The van der Waals surface area contributed by atoms with E-state index in [4.69, 9.17) is 4.74 Å². The number of ether oxygens (including phenoxy) is 1. The van der Waals surface area contributed by atoms with Crippen LogP contribution < -0.4 is 0 Å². The van der Waals surface area contributed by atoms with E-state index in [1.54, 1.807) is 0 Å². The average molecular weight is 157 g/mol. The fourth-order valence-electron chi connectivity index (χ4n) is 0.937. The zero-order valence-corrected chi connectivity index (χ0v) is 7.77. The van der Waals surface area contributed by atoms with Gasteiger partial charge in [0.1, 0.15) is 0 Å². The summed E-state index contributed by atoms with van der Waals surface area (Å²) in [6, 6.07) is 0. The van der Waals surface area contributed by atoms with Crippen LogP contribution in [-0.2, 0) is 4.74 Å². The summed E-state index contributed by atoms with van der Waals surface area (Å²) in [5.74, 6) is 0. The highest BCUT2D eigenvalue weighted by molar-refractivity contribution is 4.42. The molecule has 0 aliphatic carbocycles. The molecule has 0 atom stereocenters. The highest BCUT2D eigenvalue weighted by atomic mass is 16.5. The molecule has 0 heterocycles. The van der Waals surface area contributed by atoms with E-state index in [1.165, 1.54) is 32.1 Å². The summed E-state index contributed by atoms with van der Waals surface area (Å²) in [6.07, 6.45) is 7.22. The summed E-state index contributed by atoms with van der Waals surface area (Å²) in [7, 11) is 0. The van der Waals surface area contributed by atoms with Crippen molar-refractivity contribution < 1.29 is 4.74 Å². The first-order valence-electron chi connectivity index (χ1n) is 4.78. The smallest absolute Gasteiger partial charge is 0.0466 e. The standard InChI is InChI=1S/C10H21O/c1-3-5-7-9-11-10-8-6-4-2/h1,3-10H2,2H3. The quantitative estimate of drug-likeness (QED) is 0.492. The molecule has 0 unspecified atom stereocenters. The normalized spacial score (nSPS) is 10.4. The van der Waals surface area contributed by atoms with E-state index in [1.807, 2.05) is 0 Å². The van der Waals surface area contributed by atoms with Crippen molar-refractivity contribution in [3.63, 3.8) is 0 Å². The van der Waals surface area contributed by atoms with Crippen molar-refractivity contribution in [2.45, 2.75) is 45.4 Å². The Morgan fingerprint density at radius 2 is 1.64 bits per heavy atom. The lowest BCUT2D eigenvalue weighted by atomic mass is 10.2. The molecule has 0 aliphatic heterocycles. The summed E-state index contributed by atoms with van der Waals surface area (Å²) >= 11 is 0. The van der Waals surface area contributed by atoms with Gasteiger partial charge >= 0.3 is 0 Å². The van der Waals surface area contributed by atoms with Gasteiger partial charge in [-0.05, 0) is 12.8 Å². The first kappa shape index (κ1) is 11.0. The van der Waals surface area contributed by atoms with Crippen LogP contribution in [0.3, 0.4) is 0 Å². The maximum Gasteiger partial charge on any atom is 0.0466 e. The number of rotatable bonds is 8. The minimum absolute atomic E-state index is 0.930. The molecule has 0 fully saturated rings. The van der Waals surface area contributed by atoms with Gasteiger partial charge in [-0.1, -0.05) is 39.5 Å². The highest BCUT2D eigenvalue weighted by Crippen LogP contribution is 1.97. The first-order chi connectivity index (χ1) is 5.41. The van der Waals surface area contributed by atoms with Gasteiger partial charge in [-0.3, -0.25) is 0 Å². The van der Waals surface area contributed by atoms with Crippen LogP contribution in [0, 0.1) is 6.92 Å². The van der Waals surface area contributed by atoms with Gasteiger partial charge in [0.05, 0.1) is 0 Å². The van der Waals surface area contributed by atoms with Gasteiger partial charge in [-0.2, -0.15) is 0 Å². The van der Waals surface area contributed by atoms with Gasteiger partial charge in [0.15, 0.2) is 0 Å². The largest absolute Gasteiger partial charge is 0.381 e. The second-order valence-electron chi connectivity index (χ2n) is 2.88. The third-order valence-electron chi connectivity index (χ3n) is 1.68. The predicted molar refractivity (Wildman–Crippen MR) is 49.6 cm³/mol. The molecule has 0 saturated carbocycles. The van der Waals surface area contributed by atoms with E-state index in [9.17, 15) is 0 Å². The van der Waals surface area contributed by atoms with Crippen LogP contribution in [0.2, 0.25) is 0 Å². The minimum Gasteiger partial charge on any atom is -0.381 e. The Morgan fingerprint density at radius 1 is 1.00 bits per heavy atom. The van der Waals surface area contributed by atoms with Crippen LogP contribution >= 0.6 is 0 Å². The van der Waals surface area contributed by atoms with E-state index in [2.05, 4.69) is 13.8 Å². The molecule has 1 nitrogen and oxygen atoms in total. The van der Waals surface area contributed by atoms with Crippen molar-refractivity contribution in [3.05, 3.63) is 6.92 Å². The van der Waals surface area contributed by atoms with Crippen LogP contribution in [0.5, 0.6) is 0 Å². The molecule has 67 valence electrons. The van der Waals surface area contributed by atoms with E-state index >= 15 is 0 Å². The molecule has 0 aliphatic rings. The SMILES string of the molecule is [CH2]CCCCOCCCCC. The first-order valence-corrected chi connectivity index (χ1v) is 4.78. The molecular weight excluding hydrogens is 136 g/mol.